The molecular weight excluding hydrogens is 554 g/mol. The quantitative estimate of drug-likeness (QED) is 0.215. The Labute approximate surface area is 265 Å². The van der Waals surface area contributed by atoms with Gasteiger partial charge in [0.05, 0.1) is 5.56 Å². The fourth-order valence-electron chi connectivity index (χ4n) is 7.40. The van der Waals surface area contributed by atoms with Crippen LogP contribution in [-0.4, -0.2) is 25.7 Å². The molecule has 5 nitrogen and oxygen atoms in total. The maximum Gasteiger partial charge on any atom is 0.321 e. The summed E-state index contributed by atoms with van der Waals surface area (Å²) in [5.41, 5.74) is 5.84. The van der Waals surface area contributed by atoms with E-state index in [-0.39, 0.29) is 22.6 Å². The predicted octanol–water partition coefficient (Wildman–Crippen LogP) is 10.1. The van der Waals surface area contributed by atoms with Crippen LogP contribution in [0.2, 0.25) is 0 Å². The number of phenolic OH excluding ortho intramolecular Hbond substituents is 1. The second-order valence-corrected chi connectivity index (χ2v) is 14.6. The first kappa shape index (κ1) is 29.0. The Kier molecular flexibility index (Phi) is 6.52. The van der Waals surface area contributed by atoms with Gasteiger partial charge in [0.15, 0.2) is 11.6 Å². The van der Waals surface area contributed by atoms with Crippen LogP contribution in [0.1, 0.15) is 66.0 Å². The Hall–Kier alpha value is -4.77. The number of aromatic hydroxyl groups is 1. The van der Waals surface area contributed by atoms with E-state index in [1.807, 2.05) is 12.1 Å². The van der Waals surface area contributed by atoms with Crippen molar-refractivity contribution >= 4 is 21.5 Å². The molecule has 0 amide bonds. The number of rotatable bonds is 5. The Morgan fingerprint density at radius 1 is 0.644 bits per heavy atom. The van der Waals surface area contributed by atoms with E-state index in [2.05, 4.69) is 115 Å². The van der Waals surface area contributed by atoms with Crippen LogP contribution >= 0.6 is 0 Å². The van der Waals surface area contributed by atoms with Gasteiger partial charge in [-0.15, -0.1) is 0 Å². The average molecular weight is 594 g/mol. The number of phenols is 1. The predicted molar refractivity (Wildman–Crippen MR) is 184 cm³/mol. The molecule has 1 aromatic heterocycles. The highest BCUT2D eigenvalue weighted by Gasteiger charge is 2.38. The van der Waals surface area contributed by atoms with Gasteiger partial charge in [-0.2, -0.15) is 9.97 Å². The molecule has 0 aliphatic heterocycles. The topological polar surface area (TPSA) is 68.1 Å². The molecule has 0 atom stereocenters. The number of nitrogens with zero attached hydrogens (tertiary/aromatic N) is 3. The lowest BCUT2D eigenvalue weighted by molar-refractivity contribution is 0.0526. The molecule has 1 aliphatic carbocycles. The first-order valence-corrected chi connectivity index (χ1v) is 15.7. The zero-order chi connectivity index (χ0) is 31.7. The van der Waals surface area contributed by atoms with Gasteiger partial charge in [-0.25, -0.2) is 4.98 Å². The molecule has 1 aliphatic rings. The van der Waals surface area contributed by atoms with Crippen LogP contribution in [0.5, 0.6) is 11.8 Å². The molecule has 0 saturated heterocycles. The number of benzene rings is 5. The lowest BCUT2D eigenvalue weighted by Gasteiger charge is -2.32. The fourth-order valence-corrected chi connectivity index (χ4v) is 7.40. The summed E-state index contributed by atoms with van der Waals surface area (Å²) in [4.78, 5) is 14.7. The van der Waals surface area contributed by atoms with E-state index in [4.69, 9.17) is 19.7 Å². The molecule has 5 heteroatoms. The molecule has 0 saturated carbocycles. The number of hydrogen-bond donors (Lipinski definition) is 1. The maximum absolute atomic E-state index is 10.8. The summed E-state index contributed by atoms with van der Waals surface area (Å²) in [6.07, 6.45) is 0.801. The lowest BCUT2D eigenvalue weighted by Crippen LogP contribution is -2.34. The van der Waals surface area contributed by atoms with Crippen molar-refractivity contribution in [2.45, 2.75) is 65.9 Å². The molecule has 1 heterocycles. The van der Waals surface area contributed by atoms with Gasteiger partial charge in [0.2, 0.25) is 0 Å². The van der Waals surface area contributed by atoms with Gasteiger partial charge in [-0.1, -0.05) is 107 Å². The third-order valence-corrected chi connectivity index (χ3v) is 8.89. The largest absolute Gasteiger partial charge is 0.507 e. The number of para-hydroxylation sites is 1. The number of fused-ring (bicyclic) bond motifs is 7. The monoisotopic (exact) mass is 593 g/mol. The summed E-state index contributed by atoms with van der Waals surface area (Å²) in [5, 5.41) is 15.5. The zero-order valence-corrected chi connectivity index (χ0v) is 27.1. The van der Waals surface area contributed by atoms with Gasteiger partial charge in [-0.3, -0.25) is 0 Å². The van der Waals surface area contributed by atoms with Crippen molar-refractivity contribution in [3.8, 4) is 45.7 Å². The summed E-state index contributed by atoms with van der Waals surface area (Å²) in [6.45, 7) is 15.3. The molecule has 0 radical (unpaired) electrons. The normalized spacial score (nSPS) is 14.0. The van der Waals surface area contributed by atoms with Gasteiger partial charge in [0.1, 0.15) is 11.4 Å². The summed E-state index contributed by atoms with van der Waals surface area (Å²) >= 11 is 0. The Balaban J connectivity index is 1.50. The third kappa shape index (κ3) is 5.01. The Morgan fingerprint density at radius 3 is 1.96 bits per heavy atom. The molecule has 7 rings (SSSR count). The minimum atomic E-state index is -0.530. The van der Waals surface area contributed by atoms with Crippen LogP contribution in [0.4, 0.5) is 0 Å². The molecule has 6 aromatic rings. The highest BCUT2D eigenvalue weighted by Crippen LogP contribution is 2.55. The third-order valence-electron chi connectivity index (χ3n) is 8.89. The number of aromatic nitrogens is 3. The van der Waals surface area contributed by atoms with Crippen molar-refractivity contribution in [3.05, 3.63) is 102 Å². The van der Waals surface area contributed by atoms with E-state index in [0.29, 0.717) is 17.2 Å². The van der Waals surface area contributed by atoms with Gasteiger partial charge in [0.25, 0.3) is 0 Å². The molecule has 0 spiro atoms. The molecular formula is C40H39N3O2. The van der Waals surface area contributed by atoms with Gasteiger partial charge in [-0.05, 0) is 87.7 Å². The molecule has 0 fully saturated rings. The summed E-state index contributed by atoms with van der Waals surface area (Å²) in [5.74, 6) is 0.995. The van der Waals surface area contributed by atoms with Crippen molar-refractivity contribution in [2.75, 3.05) is 0 Å². The van der Waals surface area contributed by atoms with E-state index >= 15 is 0 Å². The van der Waals surface area contributed by atoms with Crippen molar-refractivity contribution in [1.29, 1.82) is 0 Å². The number of hydrogen-bond acceptors (Lipinski definition) is 5. The van der Waals surface area contributed by atoms with Crippen molar-refractivity contribution in [1.82, 2.24) is 15.0 Å². The summed E-state index contributed by atoms with van der Waals surface area (Å²) < 4.78 is 6.54. The molecule has 1 N–H and O–H groups in total. The van der Waals surface area contributed by atoms with Crippen LogP contribution in [0, 0.1) is 5.41 Å². The number of ether oxygens (including phenoxy) is 1. The molecule has 226 valence electrons. The van der Waals surface area contributed by atoms with E-state index in [9.17, 15) is 5.11 Å². The van der Waals surface area contributed by atoms with Crippen molar-refractivity contribution in [2.24, 2.45) is 5.41 Å². The zero-order valence-electron chi connectivity index (χ0n) is 27.1. The first-order valence-electron chi connectivity index (χ1n) is 15.7. The molecule has 45 heavy (non-hydrogen) atoms. The van der Waals surface area contributed by atoms with Crippen LogP contribution in [0.3, 0.4) is 0 Å². The smallest absolute Gasteiger partial charge is 0.321 e. The highest BCUT2D eigenvalue weighted by molar-refractivity contribution is 6.14. The Bertz CT molecular complexity index is 2120. The van der Waals surface area contributed by atoms with Crippen molar-refractivity contribution < 1.29 is 9.84 Å². The van der Waals surface area contributed by atoms with E-state index < -0.39 is 5.60 Å². The standard InChI is InChI=1S/C40H39N3O2/c1-38(2,3)23-39(4,5)45-37-42-35(28-18-12-13-19-32(28)44)41-36(43-37)29-22-31-34(27-17-11-10-16-26(27)29)33-25-15-9-8-14-24(25)20-21-30(33)40(31,6)7/h8-22,44H,23H2,1-7H3. The highest BCUT2D eigenvalue weighted by atomic mass is 16.5. The minimum Gasteiger partial charge on any atom is -0.507 e. The minimum absolute atomic E-state index is 0.0425. The van der Waals surface area contributed by atoms with Crippen LogP contribution in [0.15, 0.2) is 91.0 Å². The lowest BCUT2D eigenvalue weighted by atomic mass is 9.81. The molecule has 0 bridgehead atoms. The SMILES string of the molecule is CC(C)(C)CC(C)(C)Oc1nc(-c2ccccc2O)nc(-c2cc3c(c4ccccc24)-c2c(ccc4ccccc24)C3(C)C)n1. The maximum atomic E-state index is 10.8. The first-order chi connectivity index (χ1) is 21.3. The summed E-state index contributed by atoms with van der Waals surface area (Å²) in [6, 6.07) is 31.3. The van der Waals surface area contributed by atoms with E-state index in [1.165, 1.54) is 33.0 Å². The van der Waals surface area contributed by atoms with E-state index in [0.717, 1.165) is 22.8 Å². The van der Waals surface area contributed by atoms with Crippen LogP contribution in [-0.2, 0) is 5.41 Å². The molecule has 5 aromatic carbocycles. The summed E-state index contributed by atoms with van der Waals surface area (Å²) in [7, 11) is 0. The van der Waals surface area contributed by atoms with Gasteiger partial charge < -0.3 is 9.84 Å². The average Bonchev–Trinajstić information content (AvgIpc) is 3.22. The van der Waals surface area contributed by atoms with Crippen LogP contribution < -0.4 is 4.74 Å². The van der Waals surface area contributed by atoms with Gasteiger partial charge >= 0.3 is 6.01 Å². The van der Waals surface area contributed by atoms with Gasteiger partial charge in [0, 0.05) is 11.0 Å². The van der Waals surface area contributed by atoms with Crippen LogP contribution in [0.25, 0.3) is 55.4 Å². The fraction of sp³-hybridized carbons (Fsp3) is 0.275. The van der Waals surface area contributed by atoms with E-state index in [1.54, 1.807) is 12.1 Å². The molecule has 0 unspecified atom stereocenters. The Morgan fingerprint density at radius 2 is 1.24 bits per heavy atom. The van der Waals surface area contributed by atoms with Crippen molar-refractivity contribution in [3.63, 3.8) is 0 Å². The second kappa shape index (κ2) is 10.1. The second-order valence-electron chi connectivity index (χ2n) is 14.6.